The Morgan fingerprint density at radius 1 is 1.16 bits per heavy atom. The highest BCUT2D eigenvalue weighted by atomic mass is 16.5. The molecule has 0 radical (unpaired) electrons. The van der Waals surface area contributed by atoms with Crippen LogP contribution in [0.25, 0.3) is 11.4 Å². The van der Waals surface area contributed by atoms with Gasteiger partial charge in [0.25, 0.3) is 0 Å². The maximum atomic E-state index is 13.1. The summed E-state index contributed by atoms with van der Waals surface area (Å²) >= 11 is 0. The largest absolute Gasteiger partial charge is 0.494 e. The molecule has 2 heterocycles. The number of likely N-dealkylation sites (tertiary alicyclic amines) is 1. The van der Waals surface area contributed by atoms with Gasteiger partial charge in [-0.1, -0.05) is 42.4 Å². The zero-order valence-electron chi connectivity index (χ0n) is 18.9. The summed E-state index contributed by atoms with van der Waals surface area (Å²) in [4.78, 5) is 19.6. The van der Waals surface area contributed by atoms with Gasteiger partial charge in [0.15, 0.2) is 0 Å². The number of rotatable bonds is 9. The average Bonchev–Trinajstić information content (AvgIpc) is 3.50. The first-order valence-corrected chi connectivity index (χ1v) is 11.6. The molecule has 1 saturated heterocycles. The van der Waals surface area contributed by atoms with Gasteiger partial charge in [0.2, 0.25) is 17.6 Å². The first-order chi connectivity index (χ1) is 15.7. The highest BCUT2D eigenvalue weighted by Crippen LogP contribution is 2.34. The van der Waals surface area contributed by atoms with Crippen molar-refractivity contribution in [3.05, 3.63) is 66.1 Å². The monoisotopic (exact) mass is 433 g/mol. The van der Waals surface area contributed by atoms with Crippen LogP contribution in [0.2, 0.25) is 0 Å². The fourth-order valence-electron chi connectivity index (χ4n) is 4.65. The molecule has 1 aliphatic rings. The highest BCUT2D eigenvalue weighted by molar-refractivity contribution is 5.77. The maximum Gasteiger partial charge on any atom is 0.227 e. The second kappa shape index (κ2) is 10.4. The van der Waals surface area contributed by atoms with Gasteiger partial charge in [-0.05, 0) is 56.0 Å². The van der Waals surface area contributed by atoms with Gasteiger partial charge >= 0.3 is 0 Å². The lowest BCUT2D eigenvalue weighted by molar-refractivity contribution is -0.132. The highest BCUT2D eigenvalue weighted by Gasteiger charge is 2.34. The van der Waals surface area contributed by atoms with Crippen molar-refractivity contribution < 1.29 is 14.1 Å². The van der Waals surface area contributed by atoms with E-state index < -0.39 is 0 Å². The van der Waals surface area contributed by atoms with Crippen molar-refractivity contribution in [2.75, 3.05) is 13.2 Å². The van der Waals surface area contributed by atoms with Gasteiger partial charge in [0.05, 0.1) is 6.61 Å². The molecule has 1 fully saturated rings. The molecule has 2 atom stereocenters. The minimum absolute atomic E-state index is 0.169. The summed E-state index contributed by atoms with van der Waals surface area (Å²) in [7, 11) is 0. The molecular formula is C26H31N3O3. The van der Waals surface area contributed by atoms with Crippen molar-refractivity contribution in [1.29, 1.82) is 0 Å². The van der Waals surface area contributed by atoms with Gasteiger partial charge < -0.3 is 14.2 Å². The molecule has 6 heteroatoms. The van der Waals surface area contributed by atoms with Crippen molar-refractivity contribution in [1.82, 2.24) is 15.0 Å². The number of aromatic nitrogens is 2. The number of nitrogens with zero attached hydrogens (tertiary/aromatic N) is 3. The lowest BCUT2D eigenvalue weighted by Crippen LogP contribution is -2.39. The fourth-order valence-corrected chi connectivity index (χ4v) is 4.65. The third-order valence-corrected chi connectivity index (χ3v) is 6.20. The molecule has 0 N–H and O–H groups in total. The number of carbonyl (C=O) groups excluding carboxylic acids is 1. The van der Waals surface area contributed by atoms with E-state index in [9.17, 15) is 4.79 Å². The average molecular weight is 434 g/mol. The summed E-state index contributed by atoms with van der Waals surface area (Å²) in [6.07, 6.45) is 3.97. The number of aryl methyl sites for hydroxylation is 1. The zero-order chi connectivity index (χ0) is 22.3. The van der Waals surface area contributed by atoms with Crippen LogP contribution in [0.5, 0.6) is 5.75 Å². The Bertz CT molecular complexity index is 1000. The normalized spacial score (nSPS) is 16.8. The predicted octanol–water partition coefficient (Wildman–Crippen LogP) is 5.25. The summed E-state index contributed by atoms with van der Waals surface area (Å²) in [6, 6.07) is 18.4. The molecule has 0 aliphatic carbocycles. The standard InChI is InChI=1S/C26H31N3O3/c1-3-22(19-9-6-5-7-10-19)23-11-8-18-29(23)25(30)17-16-24-27-26(28-32-24)20-12-14-21(15-13-20)31-4-2/h5-7,9-10,12-15,22-23H,3-4,8,11,16-18H2,1-2H3/t22-,23+/m0/s1. The number of carbonyl (C=O) groups is 1. The van der Waals surface area contributed by atoms with Crippen molar-refractivity contribution in [2.45, 2.75) is 57.9 Å². The molecule has 0 spiro atoms. The Balaban J connectivity index is 1.37. The van der Waals surface area contributed by atoms with E-state index in [1.54, 1.807) is 0 Å². The van der Waals surface area contributed by atoms with E-state index in [4.69, 9.17) is 9.26 Å². The summed E-state index contributed by atoms with van der Waals surface area (Å²) in [6.45, 7) is 5.62. The lowest BCUT2D eigenvalue weighted by atomic mass is 9.87. The molecule has 1 aliphatic heterocycles. The Labute approximate surface area is 189 Å². The van der Waals surface area contributed by atoms with Gasteiger partial charge in [-0.3, -0.25) is 4.79 Å². The number of amides is 1. The fraction of sp³-hybridized carbons (Fsp3) is 0.423. The van der Waals surface area contributed by atoms with Gasteiger partial charge in [0.1, 0.15) is 5.75 Å². The Morgan fingerprint density at radius 3 is 2.66 bits per heavy atom. The van der Waals surface area contributed by atoms with Crippen molar-refractivity contribution in [3.8, 4) is 17.1 Å². The van der Waals surface area contributed by atoms with Gasteiger partial charge in [-0.2, -0.15) is 4.98 Å². The first-order valence-electron chi connectivity index (χ1n) is 11.6. The predicted molar refractivity (Wildman–Crippen MR) is 123 cm³/mol. The van der Waals surface area contributed by atoms with Crippen molar-refractivity contribution in [3.63, 3.8) is 0 Å². The molecular weight excluding hydrogens is 402 g/mol. The second-order valence-corrected chi connectivity index (χ2v) is 8.19. The Kier molecular flexibility index (Phi) is 7.20. The Hall–Kier alpha value is -3.15. The van der Waals surface area contributed by atoms with Gasteiger partial charge in [-0.25, -0.2) is 0 Å². The minimum atomic E-state index is 0.169. The molecule has 1 amide bonds. The van der Waals surface area contributed by atoms with Crippen molar-refractivity contribution in [2.24, 2.45) is 0 Å². The van der Waals surface area contributed by atoms with E-state index in [0.717, 1.165) is 37.1 Å². The molecule has 4 rings (SSSR count). The van der Waals surface area contributed by atoms with Crippen LogP contribution in [0.3, 0.4) is 0 Å². The number of benzene rings is 2. The topological polar surface area (TPSA) is 68.5 Å². The molecule has 2 aromatic carbocycles. The van der Waals surface area contributed by atoms with Crippen LogP contribution in [-0.4, -0.2) is 40.1 Å². The van der Waals surface area contributed by atoms with Crippen LogP contribution in [-0.2, 0) is 11.2 Å². The van der Waals surface area contributed by atoms with E-state index >= 15 is 0 Å². The third-order valence-electron chi connectivity index (χ3n) is 6.20. The number of hydrogen-bond acceptors (Lipinski definition) is 5. The number of hydrogen-bond donors (Lipinski definition) is 0. The first kappa shape index (κ1) is 22.1. The van der Waals surface area contributed by atoms with Crippen LogP contribution >= 0.6 is 0 Å². The number of ether oxygens (including phenoxy) is 1. The molecule has 0 bridgehead atoms. The van der Waals surface area contributed by atoms with Crippen LogP contribution in [0, 0.1) is 0 Å². The van der Waals surface area contributed by atoms with E-state index in [1.807, 2.05) is 37.3 Å². The summed E-state index contributed by atoms with van der Waals surface area (Å²) in [5.74, 6) is 2.38. The zero-order valence-corrected chi connectivity index (χ0v) is 18.9. The molecule has 32 heavy (non-hydrogen) atoms. The van der Waals surface area contributed by atoms with E-state index in [2.05, 4.69) is 46.2 Å². The molecule has 0 saturated carbocycles. The van der Waals surface area contributed by atoms with Crippen LogP contribution in [0.15, 0.2) is 59.1 Å². The molecule has 168 valence electrons. The van der Waals surface area contributed by atoms with E-state index in [-0.39, 0.29) is 11.9 Å². The lowest BCUT2D eigenvalue weighted by Gasteiger charge is -2.31. The Morgan fingerprint density at radius 2 is 1.94 bits per heavy atom. The van der Waals surface area contributed by atoms with E-state index in [0.29, 0.717) is 37.1 Å². The van der Waals surface area contributed by atoms with Crippen LogP contribution in [0.1, 0.15) is 56.9 Å². The second-order valence-electron chi connectivity index (χ2n) is 8.19. The van der Waals surface area contributed by atoms with E-state index in [1.165, 1.54) is 5.56 Å². The molecule has 6 nitrogen and oxygen atoms in total. The quantitative estimate of drug-likeness (QED) is 0.461. The SMILES string of the molecule is CCOc1ccc(-c2noc(CCC(=O)N3CCC[C@@H]3[C@@H](CC)c3ccccc3)n2)cc1. The van der Waals surface area contributed by atoms with Crippen LogP contribution < -0.4 is 4.74 Å². The summed E-state index contributed by atoms with van der Waals surface area (Å²) in [5, 5.41) is 4.08. The van der Waals surface area contributed by atoms with Crippen LogP contribution in [0.4, 0.5) is 0 Å². The molecule has 1 aromatic heterocycles. The summed E-state index contributed by atoms with van der Waals surface area (Å²) in [5.41, 5.74) is 2.18. The van der Waals surface area contributed by atoms with Gasteiger partial charge in [0, 0.05) is 36.9 Å². The molecule has 3 aromatic rings. The minimum Gasteiger partial charge on any atom is -0.494 e. The molecule has 0 unspecified atom stereocenters. The summed E-state index contributed by atoms with van der Waals surface area (Å²) < 4.78 is 10.9. The smallest absolute Gasteiger partial charge is 0.227 e. The van der Waals surface area contributed by atoms with Gasteiger partial charge in [-0.15, -0.1) is 0 Å². The van der Waals surface area contributed by atoms with Crippen molar-refractivity contribution >= 4 is 5.91 Å². The third kappa shape index (κ3) is 5.01. The maximum absolute atomic E-state index is 13.1.